The number of fused-ring (bicyclic) bond motifs is 1. The average molecular weight is 344 g/mol. The summed E-state index contributed by atoms with van der Waals surface area (Å²) < 4.78 is 5.29. The Kier molecular flexibility index (Phi) is 4.66. The Hall–Kier alpha value is -2.21. The summed E-state index contributed by atoms with van der Waals surface area (Å²) in [6.07, 6.45) is -0.396. The number of aromatic nitrogens is 1. The monoisotopic (exact) mass is 344 g/mol. The van der Waals surface area contributed by atoms with Crippen LogP contribution in [0.4, 0.5) is 0 Å². The Morgan fingerprint density at radius 1 is 1.33 bits per heavy atom. The number of cyclic esters (lactones) is 1. The number of esters is 1. The summed E-state index contributed by atoms with van der Waals surface area (Å²) in [4.78, 5) is 29.0. The molecule has 0 bridgehead atoms. The van der Waals surface area contributed by atoms with Crippen molar-refractivity contribution in [3.8, 4) is 0 Å². The second kappa shape index (κ2) is 6.73. The number of rotatable bonds is 4. The van der Waals surface area contributed by atoms with Crippen molar-refractivity contribution in [3.05, 3.63) is 51.5 Å². The fraction of sp³-hybridized carbons (Fsp3) is 0.389. The van der Waals surface area contributed by atoms with E-state index in [1.54, 1.807) is 23.5 Å². The molecule has 2 atom stereocenters. The van der Waals surface area contributed by atoms with Crippen molar-refractivity contribution in [2.75, 3.05) is 0 Å². The molecule has 24 heavy (non-hydrogen) atoms. The quantitative estimate of drug-likeness (QED) is 0.865. The average Bonchev–Trinajstić information content (AvgIpc) is 3.05. The van der Waals surface area contributed by atoms with Gasteiger partial charge in [-0.3, -0.25) is 4.79 Å². The molecule has 5 nitrogen and oxygen atoms in total. The summed E-state index contributed by atoms with van der Waals surface area (Å²) in [5, 5.41) is 5.90. The lowest BCUT2D eigenvalue weighted by molar-refractivity contribution is -0.131. The van der Waals surface area contributed by atoms with Crippen LogP contribution in [0.2, 0.25) is 0 Å². The number of carbonyl (C=O) groups is 2. The van der Waals surface area contributed by atoms with Gasteiger partial charge in [-0.1, -0.05) is 32.0 Å². The summed E-state index contributed by atoms with van der Waals surface area (Å²) in [7, 11) is 0. The Morgan fingerprint density at radius 3 is 2.79 bits per heavy atom. The Bertz CT molecular complexity index is 769. The molecule has 2 heterocycles. The van der Waals surface area contributed by atoms with Crippen LogP contribution >= 0.6 is 11.3 Å². The van der Waals surface area contributed by atoms with Gasteiger partial charge in [-0.2, -0.15) is 0 Å². The molecule has 6 heteroatoms. The lowest BCUT2D eigenvalue weighted by atomic mass is 9.98. The number of amides is 1. The van der Waals surface area contributed by atoms with Crippen LogP contribution in [0.1, 0.15) is 59.4 Å². The number of nitrogens with zero attached hydrogens (tertiary/aromatic N) is 1. The molecule has 0 saturated carbocycles. The van der Waals surface area contributed by atoms with Gasteiger partial charge in [0.25, 0.3) is 5.91 Å². The Morgan fingerprint density at radius 2 is 2.08 bits per heavy atom. The maximum atomic E-state index is 12.5. The first-order valence-corrected chi connectivity index (χ1v) is 8.88. The van der Waals surface area contributed by atoms with Crippen molar-refractivity contribution in [2.45, 2.75) is 45.3 Å². The highest BCUT2D eigenvalue weighted by Gasteiger charge is 2.31. The summed E-state index contributed by atoms with van der Waals surface area (Å²) in [6.45, 7) is 6.06. The molecular formula is C18H20N2O3S. The van der Waals surface area contributed by atoms with E-state index in [0.29, 0.717) is 17.9 Å². The second-order valence-electron chi connectivity index (χ2n) is 6.25. The molecular weight excluding hydrogens is 324 g/mol. The molecule has 1 aromatic carbocycles. The van der Waals surface area contributed by atoms with Gasteiger partial charge in [0, 0.05) is 17.7 Å². The highest BCUT2D eigenvalue weighted by atomic mass is 32.1. The zero-order valence-corrected chi connectivity index (χ0v) is 14.7. The third-order valence-corrected chi connectivity index (χ3v) is 5.18. The first-order chi connectivity index (χ1) is 11.5. The second-order valence-corrected chi connectivity index (χ2v) is 7.14. The van der Waals surface area contributed by atoms with Gasteiger partial charge >= 0.3 is 5.97 Å². The standard InChI is InChI=1S/C18H20N2O3S/c1-10(2)17-20-14(9-24-17)11(3)19-16(21)15-8-12-6-4-5-7-13(12)18(22)23-15/h4-7,9-11,15H,8H2,1-3H3,(H,19,21)/t11-,15-/m0/s1. The van der Waals surface area contributed by atoms with Crippen LogP contribution in [-0.2, 0) is 16.0 Å². The van der Waals surface area contributed by atoms with Gasteiger partial charge in [-0.05, 0) is 18.6 Å². The summed E-state index contributed by atoms with van der Waals surface area (Å²) in [5.41, 5.74) is 2.22. The summed E-state index contributed by atoms with van der Waals surface area (Å²) in [6, 6.07) is 7.00. The maximum absolute atomic E-state index is 12.5. The predicted molar refractivity (Wildman–Crippen MR) is 92.1 cm³/mol. The predicted octanol–water partition coefficient (Wildman–Crippen LogP) is 3.23. The molecule has 126 valence electrons. The first-order valence-electron chi connectivity index (χ1n) is 8.00. The van der Waals surface area contributed by atoms with E-state index in [-0.39, 0.29) is 11.9 Å². The molecule has 0 fully saturated rings. The normalized spacial score (nSPS) is 18.0. The molecule has 0 spiro atoms. The smallest absolute Gasteiger partial charge is 0.339 e. The van der Waals surface area contributed by atoms with E-state index < -0.39 is 12.1 Å². The third kappa shape index (κ3) is 3.33. The molecule has 0 radical (unpaired) electrons. The van der Waals surface area contributed by atoms with Crippen molar-refractivity contribution >= 4 is 23.2 Å². The minimum atomic E-state index is -0.793. The minimum absolute atomic E-state index is 0.225. The van der Waals surface area contributed by atoms with E-state index in [4.69, 9.17) is 4.74 Å². The molecule has 0 saturated heterocycles. The van der Waals surface area contributed by atoms with Crippen molar-refractivity contribution < 1.29 is 14.3 Å². The van der Waals surface area contributed by atoms with Crippen LogP contribution in [0.25, 0.3) is 0 Å². The van der Waals surface area contributed by atoms with Gasteiger partial charge < -0.3 is 10.1 Å². The first kappa shape index (κ1) is 16.6. The molecule has 1 aromatic heterocycles. The van der Waals surface area contributed by atoms with Crippen LogP contribution in [0.15, 0.2) is 29.6 Å². The number of thiazole rings is 1. The molecule has 2 aromatic rings. The Balaban J connectivity index is 1.68. The van der Waals surface area contributed by atoms with E-state index in [2.05, 4.69) is 24.1 Å². The molecule has 1 aliphatic heterocycles. The van der Waals surface area contributed by atoms with Gasteiger partial charge in [0.2, 0.25) is 0 Å². The zero-order chi connectivity index (χ0) is 17.3. The summed E-state index contributed by atoms with van der Waals surface area (Å²) in [5.74, 6) is -0.368. The zero-order valence-electron chi connectivity index (χ0n) is 13.9. The Labute approximate surface area is 145 Å². The van der Waals surface area contributed by atoms with Crippen LogP contribution < -0.4 is 5.32 Å². The topological polar surface area (TPSA) is 68.3 Å². The number of hydrogen-bond acceptors (Lipinski definition) is 5. The number of carbonyl (C=O) groups excluding carboxylic acids is 2. The fourth-order valence-electron chi connectivity index (χ4n) is 2.62. The number of ether oxygens (including phenoxy) is 1. The lowest BCUT2D eigenvalue weighted by Gasteiger charge is -2.25. The van der Waals surface area contributed by atoms with Gasteiger partial charge in [0.05, 0.1) is 22.3 Å². The number of nitrogens with one attached hydrogen (secondary N) is 1. The molecule has 0 aliphatic carbocycles. The van der Waals surface area contributed by atoms with E-state index in [0.717, 1.165) is 16.3 Å². The van der Waals surface area contributed by atoms with Crippen LogP contribution in [0, 0.1) is 0 Å². The highest BCUT2D eigenvalue weighted by Crippen LogP contribution is 2.24. The van der Waals surface area contributed by atoms with Crippen molar-refractivity contribution in [1.29, 1.82) is 0 Å². The van der Waals surface area contributed by atoms with E-state index >= 15 is 0 Å². The van der Waals surface area contributed by atoms with E-state index in [9.17, 15) is 9.59 Å². The van der Waals surface area contributed by atoms with Crippen molar-refractivity contribution in [1.82, 2.24) is 10.3 Å². The molecule has 1 amide bonds. The van der Waals surface area contributed by atoms with E-state index in [1.807, 2.05) is 24.4 Å². The number of hydrogen-bond donors (Lipinski definition) is 1. The van der Waals surface area contributed by atoms with Gasteiger partial charge in [0.15, 0.2) is 6.10 Å². The fourth-order valence-corrected chi connectivity index (χ4v) is 3.55. The molecule has 1 aliphatic rings. The van der Waals surface area contributed by atoms with Crippen molar-refractivity contribution in [3.63, 3.8) is 0 Å². The van der Waals surface area contributed by atoms with Crippen LogP contribution in [0.5, 0.6) is 0 Å². The maximum Gasteiger partial charge on any atom is 0.339 e. The van der Waals surface area contributed by atoms with E-state index in [1.165, 1.54) is 0 Å². The van der Waals surface area contributed by atoms with Crippen molar-refractivity contribution in [2.24, 2.45) is 0 Å². The molecule has 1 N–H and O–H groups in total. The molecule has 3 rings (SSSR count). The summed E-state index contributed by atoms with van der Waals surface area (Å²) >= 11 is 1.59. The highest BCUT2D eigenvalue weighted by molar-refractivity contribution is 7.09. The largest absolute Gasteiger partial charge is 0.448 e. The third-order valence-electron chi connectivity index (χ3n) is 4.02. The van der Waals surface area contributed by atoms with Crippen LogP contribution in [0.3, 0.4) is 0 Å². The molecule has 0 unspecified atom stereocenters. The SMILES string of the molecule is CC(C)c1nc([C@H](C)NC(=O)[C@@H]2Cc3ccccc3C(=O)O2)cs1. The number of benzene rings is 1. The minimum Gasteiger partial charge on any atom is -0.448 e. The lowest BCUT2D eigenvalue weighted by Crippen LogP contribution is -2.42. The van der Waals surface area contributed by atoms with Gasteiger partial charge in [-0.15, -0.1) is 11.3 Å². The van der Waals surface area contributed by atoms with Gasteiger partial charge in [-0.25, -0.2) is 9.78 Å². The van der Waals surface area contributed by atoms with Crippen LogP contribution in [-0.4, -0.2) is 23.0 Å². The van der Waals surface area contributed by atoms with Gasteiger partial charge in [0.1, 0.15) is 0 Å².